The van der Waals surface area contributed by atoms with Crippen molar-refractivity contribution in [3.05, 3.63) is 59.1 Å². The molecule has 0 fully saturated rings. The van der Waals surface area contributed by atoms with Gasteiger partial charge in [0.25, 0.3) is 5.91 Å². The third-order valence-corrected chi connectivity index (χ3v) is 3.08. The Morgan fingerprint density at radius 1 is 1.09 bits per heavy atom. The second kappa shape index (κ2) is 7.23. The Balaban J connectivity index is 1.92. The number of anilines is 1. The van der Waals surface area contributed by atoms with Crippen LogP contribution in [0.25, 0.3) is 0 Å². The summed E-state index contributed by atoms with van der Waals surface area (Å²) in [6, 6.07) is 11.3. The number of alkyl halides is 3. The van der Waals surface area contributed by atoms with E-state index in [1.54, 1.807) is 24.3 Å². The molecule has 2 aromatic carbocycles. The van der Waals surface area contributed by atoms with E-state index in [2.05, 4.69) is 10.9 Å². The fourth-order valence-electron chi connectivity index (χ4n) is 1.72. The molecule has 2 N–H and O–H groups in total. The number of hydrazine groups is 1. The van der Waals surface area contributed by atoms with Crippen LogP contribution in [0.15, 0.2) is 48.5 Å². The van der Waals surface area contributed by atoms with Gasteiger partial charge in [0.2, 0.25) is 0 Å². The molecule has 4 nitrogen and oxygen atoms in total. The molecule has 0 radical (unpaired) electrons. The zero-order valence-electron chi connectivity index (χ0n) is 11.7. The molecule has 1 amide bonds. The van der Waals surface area contributed by atoms with Gasteiger partial charge in [0.05, 0.1) is 16.3 Å². The number of halogens is 4. The van der Waals surface area contributed by atoms with Crippen LogP contribution in [0.3, 0.4) is 0 Å². The fourth-order valence-corrected chi connectivity index (χ4v) is 1.91. The summed E-state index contributed by atoms with van der Waals surface area (Å²) in [6.45, 7) is -0.398. The molecule has 0 spiro atoms. The van der Waals surface area contributed by atoms with E-state index in [1.165, 1.54) is 18.2 Å². The minimum atomic E-state index is -4.53. The molecule has 23 heavy (non-hydrogen) atoms. The van der Waals surface area contributed by atoms with Crippen molar-refractivity contribution in [3.8, 4) is 5.75 Å². The lowest BCUT2D eigenvalue weighted by Crippen LogP contribution is -2.34. The Bertz CT molecular complexity index is 692. The van der Waals surface area contributed by atoms with Crippen molar-refractivity contribution in [1.29, 1.82) is 0 Å². The Morgan fingerprint density at radius 3 is 2.43 bits per heavy atom. The van der Waals surface area contributed by atoms with Crippen molar-refractivity contribution < 1.29 is 22.7 Å². The second-order valence-corrected chi connectivity index (χ2v) is 4.84. The number of ether oxygens (including phenoxy) is 1. The molecule has 2 rings (SSSR count). The number of hydrogen-bond donors (Lipinski definition) is 2. The number of rotatable bonds is 5. The highest BCUT2D eigenvalue weighted by Crippen LogP contribution is 2.34. The molecule has 2 aromatic rings. The van der Waals surface area contributed by atoms with Crippen LogP contribution >= 0.6 is 11.6 Å². The molecule has 0 saturated carbocycles. The third-order valence-electron chi connectivity index (χ3n) is 2.76. The number of amides is 1. The van der Waals surface area contributed by atoms with Crippen molar-refractivity contribution >= 4 is 23.2 Å². The summed E-state index contributed by atoms with van der Waals surface area (Å²) < 4.78 is 43.6. The van der Waals surface area contributed by atoms with E-state index in [1.807, 2.05) is 0 Å². The molecule has 0 aliphatic rings. The summed E-state index contributed by atoms with van der Waals surface area (Å²) in [6.07, 6.45) is -4.53. The maximum atomic E-state index is 12.8. The lowest BCUT2D eigenvalue weighted by atomic mass is 10.2. The standard InChI is InChI=1S/C15H12ClF3N2O2/c16-11-6-2-4-8-13(11)23-9-14(22)21-20-12-7-3-1-5-10(12)15(17,18)19/h1-8,20H,9H2,(H,21,22). The van der Waals surface area contributed by atoms with Crippen LogP contribution in [0.1, 0.15) is 5.56 Å². The molecule has 0 aliphatic heterocycles. The van der Waals surface area contributed by atoms with Gasteiger partial charge in [-0.2, -0.15) is 13.2 Å². The van der Waals surface area contributed by atoms with Gasteiger partial charge in [0.15, 0.2) is 6.61 Å². The lowest BCUT2D eigenvalue weighted by Gasteiger charge is -2.15. The highest BCUT2D eigenvalue weighted by molar-refractivity contribution is 6.32. The SMILES string of the molecule is O=C(COc1ccccc1Cl)NNc1ccccc1C(F)(F)F. The predicted molar refractivity (Wildman–Crippen MR) is 80.2 cm³/mol. The molecule has 0 aliphatic carbocycles. The van der Waals surface area contributed by atoms with E-state index < -0.39 is 24.3 Å². The summed E-state index contributed by atoms with van der Waals surface area (Å²) in [5.41, 5.74) is 3.24. The van der Waals surface area contributed by atoms with Gasteiger partial charge in [-0.3, -0.25) is 15.6 Å². The number of benzene rings is 2. The first-order valence-electron chi connectivity index (χ1n) is 6.46. The molecule has 0 heterocycles. The van der Waals surface area contributed by atoms with Gasteiger partial charge >= 0.3 is 6.18 Å². The van der Waals surface area contributed by atoms with Gasteiger partial charge in [-0.05, 0) is 24.3 Å². The average Bonchev–Trinajstić information content (AvgIpc) is 2.51. The average molecular weight is 345 g/mol. The van der Waals surface area contributed by atoms with Crippen molar-refractivity contribution in [3.63, 3.8) is 0 Å². The molecule has 0 bridgehead atoms. The van der Waals surface area contributed by atoms with Crippen molar-refractivity contribution in [2.24, 2.45) is 0 Å². The molecule has 0 aromatic heterocycles. The molecular weight excluding hydrogens is 333 g/mol. The Morgan fingerprint density at radius 2 is 1.74 bits per heavy atom. The number of hydrogen-bond acceptors (Lipinski definition) is 3. The summed E-state index contributed by atoms with van der Waals surface area (Å²) in [7, 11) is 0. The smallest absolute Gasteiger partial charge is 0.418 e. The summed E-state index contributed by atoms with van der Waals surface area (Å²) in [5, 5.41) is 0.329. The topological polar surface area (TPSA) is 50.4 Å². The highest BCUT2D eigenvalue weighted by Gasteiger charge is 2.33. The molecule has 0 saturated heterocycles. The Hall–Kier alpha value is -2.41. The fraction of sp³-hybridized carbons (Fsp3) is 0.133. The summed E-state index contributed by atoms with van der Waals surface area (Å²) in [4.78, 5) is 11.6. The molecule has 0 atom stereocenters. The molecular formula is C15H12ClF3N2O2. The third kappa shape index (κ3) is 4.79. The van der Waals surface area contributed by atoms with Crippen LogP contribution in [0.2, 0.25) is 5.02 Å². The number of para-hydroxylation sites is 2. The van der Waals surface area contributed by atoms with Crippen molar-refractivity contribution in [2.75, 3.05) is 12.0 Å². The van der Waals surface area contributed by atoms with Crippen molar-refractivity contribution in [2.45, 2.75) is 6.18 Å². The highest BCUT2D eigenvalue weighted by atomic mass is 35.5. The first-order chi connectivity index (χ1) is 10.9. The van der Waals surface area contributed by atoms with E-state index in [9.17, 15) is 18.0 Å². The monoisotopic (exact) mass is 344 g/mol. The van der Waals surface area contributed by atoms with Gasteiger partial charge < -0.3 is 4.74 Å². The summed E-state index contributed by atoms with van der Waals surface area (Å²) in [5.74, 6) is -0.345. The second-order valence-electron chi connectivity index (χ2n) is 4.44. The van der Waals surface area contributed by atoms with Crippen LogP contribution in [-0.4, -0.2) is 12.5 Å². The van der Waals surface area contributed by atoms with E-state index >= 15 is 0 Å². The quantitative estimate of drug-likeness (QED) is 0.809. The number of nitrogens with one attached hydrogen (secondary N) is 2. The normalized spacial score (nSPS) is 11.0. The Labute approximate surface area is 135 Å². The van der Waals surface area contributed by atoms with Gasteiger partial charge in [0, 0.05) is 0 Å². The van der Waals surface area contributed by atoms with Crippen molar-refractivity contribution in [1.82, 2.24) is 5.43 Å². The number of carbonyl (C=O) groups is 1. The van der Waals surface area contributed by atoms with Gasteiger partial charge in [0.1, 0.15) is 5.75 Å². The maximum Gasteiger partial charge on any atom is 0.418 e. The van der Waals surface area contributed by atoms with Gasteiger partial charge in [-0.1, -0.05) is 35.9 Å². The van der Waals surface area contributed by atoms with Crippen LogP contribution in [0, 0.1) is 0 Å². The van der Waals surface area contributed by atoms with E-state index in [0.29, 0.717) is 10.8 Å². The largest absolute Gasteiger partial charge is 0.482 e. The minimum Gasteiger partial charge on any atom is -0.482 e. The predicted octanol–water partition coefficient (Wildman–Crippen LogP) is 3.88. The lowest BCUT2D eigenvalue weighted by molar-refractivity contribution is -0.137. The van der Waals surface area contributed by atoms with Gasteiger partial charge in [-0.15, -0.1) is 0 Å². The Kier molecular flexibility index (Phi) is 5.33. The molecule has 122 valence electrons. The molecule has 8 heteroatoms. The number of carbonyl (C=O) groups excluding carboxylic acids is 1. The first-order valence-corrected chi connectivity index (χ1v) is 6.84. The van der Waals surface area contributed by atoms with E-state index in [-0.39, 0.29) is 5.69 Å². The van der Waals surface area contributed by atoms with E-state index in [4.69, 9.17) is 16.3 Å². The summed E-state index contributed by atoms with van der Waals surface area (Å²) >= 11 is 5.85. The van der Waals surface area contributed by atoms with Gasteiger partial charge in [-0.25, -0.2) is 0 Å². The zero-order valence-corrected chi connectivity index (χ0v) is 12.4. The van der Waals surface area contributed by atoms with Crippen LogP contribution in [-0.2, 0) is 11.0 Å². The van der Waals surface area contributed by atoms with Crippen LogP contribution in [0.4, 0.5) is 18.9 Å². The minimum absolute atomic E-state index is 0.258. The van der Waals surface area contributed by atoms with Crippen LogP contribution in [0.5, 0.6) is 5.75 Å². The van der Waals surface area contributed by atoms with Crippen LogP contribution < -0.4 is 15.6 Å². The first kappa shape index (κ1) is 17.0. The zero-order chi connectivity index (χ0) is 16.9. The van der Waals surface area contributed by atoms with E-state index in [0.717, 1.165) is 6.07 Å². The molecule has 0 unspecified atom stereocenters. The maximum absolute atomic E-state index is 12.8.